The molecule has 2 nitrogen and oxygen atoms in total. The Labute approximate surface area is 79.2 Å². The van der Waals surface area contributed by atoms with Crippen LogP contribution in [0.25, 0.3) is 0 Å². The maximum Gasteiger partial charge on any atom is 0.124 e. The second-order valence-corrected chi connectivity index (χ2v) is 3.33. The van der Waals surface area contributed by atoms with E-state index in [1.165, 1.54) is 0 Å². The van der Waals surface area contributed by atoms with Crippen LogP contribution in [-0.2, 0) is 5.60 Å². The largest absolute Gasteiger partial charge is 0.496 e. The van der Waals surface area contributed by atoms with Crippen molar-refractivity contribution < 1.29 is 9.84 Å². The van der Waals surface area contributed by atoms with Crippen molar-refractivity contribution in [1.29, 1.82) is 0 Å². The monoisotopic (exact) mass is 180 g/mol. The number of methoxy groups -OCH3 is 1. The molecule has 0 aromatic heterocycles. The molecule has 72 valence electrons. The first kappa shape index (κ1) is 10.1. The van der Waals surface area contributed by atoms with Crippen molar-refractivity contribution in [2.45, 2.75) is 25.9 Å². The van der Waals surface area contributed by atoms with E-state index in [0.717, 1.165) is 11.3 Å². The molecule has 0 spiro atoms. The Balaban J connectivity index is 3.12. The topological polar surface area (TPSA) is 29.5 Å². The normalized spacial score (nSPS) is 15.1. The molecular formula is C11H16O2. The number of hydrogen-bond donors (Lipinski definition) is 1. The lowest BCUT2D eigenvalue weighted by Crippen LogP contribution is -2.20. The highest BCUT2D eigenvalue weighted by atomic mass is 16.5. The molecule has 0 saturated heterocycles. The van der Waals surface area contributed by atoms with Gasteiger partial charge in [0.25, 0.3) is 0 Å². The molecule has 0 aliphatic heterocycles. The predicted octanol–water partition coefficient (Wildman–Crippen LogP) is 2.31. The SMILES string of the molecule is CC[C@@](C)(O)c1ccccc1OC. The molecule has 13 heavy (non-hydrogen) atoms. The van der Waals surface area contributed by atoms with E-state index in [0.29, 0.717) is 6.42 Å². The Kier molecular flexibility index (Phi) is 2.94. The van der Waals surface area contributed by atoms with Crippen molar-refractivity contribution in [3.05, 3.63) is 29.8 Å². The molecule has 0 heterocycles. The van der Waals surface area contributed by atoms with Gasteiger partial charge in [0.05, 0.1) is 12.7 Å². The molecule has 0 saturated carbocycles. The molecule has 0 aliphatic carbocycles. The molecule has 0 bridgehead atoms. The lowest BCUT2D eigenvalue weighted by atomic mass is 9.93. The van der Waals surface area contributed by atoms with Crippen LogP contribution < -0.4 is 4.74 Å². The van der Waals surface area contributed by atoms with Gasteiger partial charge in [0, 0.05) is 5.56 Å². The van der Waals surface area contributed by atoms with Crippen LogP contribution in [0.2, 0.25) is 0 Å². The van der Waals surface area contributed by atoms with Crippen LogP contribution in [0.3, 0.4) is 0 Å². The standard InChI is InChI=1S/C11H16O2/c1-4-11(2,12)9-7-5-6-8-10(9)13-3/h5-8,12H,4H2,1-3H3/t11-/m1/s1. The van der Waals surface area contributed by atoms with E-state index in [-0.39, 0.29) is 0 Å². The summed E-state index contributed by atoms with van der Waals surface area (Å²) < 4.78 is 5.17. The summed E-state index contributed by atoms with van der Waals surface area (Å²) in [5.41, 5.74) is 0.0482. The van der Waals surface area contributed by atoms with Crippen LogP contribution >= 0.6 is 0 Å². The maximum absolute atomic E-state index is 10.0. The summed E-state index contributed by atoms with van der Waals surface area (Å²) in [6, 6.07) is 7.55. The first-order valence-corrected chi connectivity index (χ1v) is 4.47. The molecule has 0 aliphatic rings. The summed E-state index contributed by atoms with van der Waals surface area (Å²) in [7, 11) is 1.62. The van der Waals surface area contributed by atoms with E-state index in [4.69, 9.17) is 4.74 Å². The van der Waals surface area contributed by atoms with Crippen LogP contribution in [0.5, 0.6) is 5.75 Å². The van der Waals surface area contributed by atoms with E-state index in [9.17, 15) is 5.11 Å². The second-order valence-electron chi connectivity index (χ2n) is 3.33. The van der Waals surface area contributed by atoms with E-state index >= 15 is 0 Å². The van der Waals surface area contributed by atoms with Crippen LogP contribution in [0.15, 0.2) is 24.3 Å². The van der Waals surface area contributed by atoms with Crippen molar-refractivity contribution in [3.8, 4) is 5.75 Å². The van der Waals surface area contributed by atoms with Crippen molar-refractivity contribution in [2.24, 2.45) is 0 Å². The van der Waals surface area contributed by atoms with Crippen LogP contribution in [0.4, 0.5) is 0 Å². The number of benzene rings is 1. The highest BCUT2D eigenvalue weighted by Crippen LogP contribution is 2.31. The Bertz CT molecular complexity index is 279. The first-order valence-electron chi connectivity index (χ1n) is 4.47. The van der Waals surface area contributed by atoms with E-state index < -0.39 is 5.60 Å². The van der Waals surface area contributed by atoms with Gasteiger partial charge >= 0.3 is 0 Å². The molecule has 2 heteroatoms. The minimum absolute atomic E-state index is 0.674. The third kappa shape index (κ3) is 2.01. The van der Waals surface area contributed by atoms with Crippen molar-refractivity contribution in [1.82, 2.24) is 0 Å². The fraction of sp³-hybridized carbons (Fsp3) is 0.455. The van der Waals surface area contributed by atoms with Gasteiger partial charge in [-0.3, -0.25) is 0 Å². The zero-order valence-electron chi connectivity index (χ0n) is 8.37. The van der Waals surface area contributed by atoms with Gasteiger partial charge in [0.15, 0.2) is 0 Å². The lowest BCUT2D eigenvalue weighted by Gasteiger charge is -2.23. The summed E-state index contributed by atoms with van der Waals surface area (Å²) in [6.45, 7) is 3.75. The molecule has 1 aromatic carbocycles. The van der Waals surface area contributed by atoms with E-state index in [1.54, 1.807) is 14.0 Å². The fourth-order valence-electron chi connectivity index (χ4n) is 1.28. The van der Waals surface area contributed by atoms with Crippen molar-refractivity contribution in [2.75, 3.05) is 7.11 Å². The number of hydrogen-bond acceptors (Lipinski definition) is 2. The Morgan fingerprint density at radius 3 is 2.54 bits per heavy atom. The molecule has 0 unspecified atom stereocenters. The van der Waals surface area contributed by atoms with Crippen molar-refractivity contribution in [3.63, 3.8) is 0 Å². The molecular weight excluding hydrogens is 164 g/mol. The predicted molar refractivity (Wildman–Crippen MR) is 52.9 cm³/mol. The Morgan fingerprint density at radius 2 is 2.00 bits per heavy atom. The van der Waals surface area contributed by atoms with Gasteiger partial charge in [-0.1, -0.05) is 25.1 Å². The molecule has 0 radical (unpaired) electrons. The summed E-state index contributed by atoms with van der Waals surface area (Å²) in [5.74, 6) is 0.745. The Hall–Kier alpha value is -1.02. The summed E-state index contributed by atoms with van der Waals surface area (Å²) >= 11 is 0. The van der Waals surface area contributed by atoms with Crippen LogP contribution in [-0.4, -0.2) is 12.2 Å². The van der Waals surface area contributed by atoms with Gasteiger partial charge in [0.1, 0.15) is 5.75 Å². The molecule has 1 N–H and O–H groups in total. The molecule has 0 amide bonds. The highest BCUT2D eigenvalue weighted by molar-refractivity contribution is 5.37. The number of para-hydroxylation sites is 1. The van der Waals surface area contributed by atoms with Gasteiger partial charge in [-0.2, -0.15) is 0 Å². The van der Waals surface area contributed by atoms with Gasteiger partial charge in [-0.25, -0.2) is 0 Å². The molecule has 0 fully saturated rings. The molecule has 1 rings (SSSR count). The highest BCUT2D eigenvalue weighted by Gasteiger charge is 2.23. The summed E-state index contributed by atoms with van der Waals surface area (Å²) in [5, 5.41) is 10.0. The van der Waals surface area contributed by atoms with Crippen molar-refractivity contribution >= 4 is 0 Å². The summed E-state index contributed by atoms with van der Waals surface area (Å²) in [6.07, 6.45) is 0.674. The molecule has 1 atom stereocenters. The zero-order chi connectivity index (χ0) is 9.90. The van der Waals surface area contributed by atoms with Crippen LogP contribution in [0.1, 0.15) is 25.8 Å². The first-order chi connectivity index (χ1) is 6.11. The lowest BCUT2D eigenvalue weighted by molar-refractivity contribution is 0.0505. The van der Waals surface area contributed by atoms with Gasteiger partial charge in [-0.15, -0.1) is 0 Å². The van der Waals surface area contributed by atoms with E-state index in [1.807, 2.05) is 31.2 Å². The minimum atomic E-state index is -0.799. The quantitative estimate of drug-likeness (QED) is 0.773. The van der Waals surface area contributed by atoms with Gasteiger partial charge in [0.2, 0.25) is 0 Å². The number of rotatable bonds is 3. The van der Waals surface area contributed by atoms with Crippen LogP contribution in [0, 0.1) is 0 Å². The smallest absolute Gasteiger partial charge is 0.124 e. The third-order valence-corrected chi connectivity index (χ3v) is 2.38. The molecule has 1 aromatic rings. The maximum atomic E-state index is 10.0. The van der Waals surface area contributed by atoms with Gasteiger partial charge in [-0.05, 0) is 19.4 Å². The minimum Gasteiger partial charge on any atom is -0.496 e. The van der Waals surface area contributed by atoms with E-state index in [2.05, 4.69) is 0 Å². The fourth-order valence-corrected chi connectivity index (χ4v) is 1.28. The average molecular weight is 180 g/mol. The number of aliphatic hydroxyl groups is 1. The Morgan fingerprint density at radius 1 is 1.38 bits per heavy atom. The zero-order valence-corrected chi connectivity index (χ0v) is 8.37. The average Bonchev–Trinajstić information content (AvgIpc) is 2.18. The summed E-state index contributed by atoms with van der Waals surface area (Å²) in [4.78, 5) is 0. The number of ether oxygens (including phenoxy) is 1. The van der Waals surface area contributed by atoms with Gasteiger partial charge < -0.3 is 9.84 Å². The second kappa shape index (κ2) is 3.79. The third-order valence-electron chi connectivity index (χ3n) is 2.38.